The van der Waals surface area contributed by atoms with Crippen molar-refractivity contribution in [2.45, 2.75) is 43.8 Å². The number of aromatic hydroxyl groups is 1. The molecule has 246 valence electrons. The number of carbonyl (C=O) groups excluding carboxylic acids is 1. The number of fused-ring (bicyclic) bond motifs is 4. The van der Waals surface area contributed by atoms with Crippen LogP contribution in [0.1, 0.15) is 25.7 Å². The van der Waals surface area contributed by atoms with Crippen LogP contribution >= 0.6 is 0 Å². The monoisotopic (exact) mass is 639 g/mol. The van der Waals surface area contributed by atoms with Crippen LogP contribution in [0, 0.1) is 5.82 Å². The van der Waals surface area contributed by atoms with Gasteiger partial charge in [0.05, 0.1) is 6.54 Å². The second-order valence-electron chi connectivity index (χ2n) is 13.5. The van der Waals surface area contributed by atoms with E-state index in [1.54, 1.807) is 18.2 Å². The van der Waals surface area contributed by atoms with Crippen molar-refractivity contribution in [2.75, 3.05) is 70.9 Å². The summed E-state index contributed by atoms with van der Waals surface area (Å²) in [6.45, 7) is 6.49. The molecular formula is C36H42FN7O3. The van der Waals surface area contributed by atoms with Crippen molar-refractivity contribution in [2.24, 2.45) is 0 Å². The third kappa shape index (κ3) is 5.74. The van der Waals surface area contributed by atoms with E-state index < -0.39 is 5.82 Å². The lowest BCUT2D eigenvalue weighted by molar-refractivity contribution is -0.133. The van der Waals surface area contributed by atoms with Gasteiger partial charge in [0.25, 0.3) is 0 Å². The van der Waals surface area contributed by atoms with E-state index in [-0.39, 0.29) is 41.3 Å². The van der Waals surface area contributed by atoms with Gasteiger partial charge in [-0.3, -0.25) is 9.69 Å². The van der Waals surface area contributed by atoms with Gasteiger partial charge >= 0.3 is 6.01 Å². The normalized spacial score (nSPS) is 23.7. The number of likely N-dealkylation sites (tertiary alicyclic amines) is 1. The minimum atomic E-state index is -0.465. The summed E-state index contributed by atoms with van der Waals surface area (Å²) >= 11 is 0. The molecule has 11 heteroatoms. The number of aromatic nitrogens is 2. The van der Waals surface area contributed by atoms with Crippen LogP contribution < -0.4 is 15.0 Å². The number of amides is 1. The lowest BCUT2D eigenvalue weighted by Crippen LogP contribution is -2.57. The number of rotatable bonds is 7. The topological polar surface area (TPSA) is 97.3 Å². The summed E-state index contributed by atoms with van der Waals surface area (Å²) in [5.74, 6) is 0.481. The van der Waals surface area contributed by atoms with E-state index in [1.165, 1.54) is 0 Å². The molecule has 47 heavy (non-hydrogen) atoms. The van der Waals surface area contributed by atoms with E-state index in [9.17, 15) is 9.90 Å². The molecule has 0 aliphatic carbocycles. The molecule has 0 radical (unpaired) electrons. The Labute approximate surface area is 274 Å². The Balaban J connectivity index is 1.15. The van der Waals surface area contributed by atoms with Gasteiger partial charge in [-0.05, 0) is 73.8 Å². The highest BCUT2D eigenvalue weighted by molar-refractivity contribution is 6.01. The standard InChI is InChI=1S/C36H42FN7O3/c1-41-14-4-6-26(41)22-47-36-39-34-30(11-10-29(33(34)37)31-18-27(45)17-23-5-2-3-7-28(23)31)35(40-36)43-19-24-8-9-25(20-43)44(24)21-32(46)42-15-12-38-13-16-42/h2-3,5,7,10-11,17-18,24-26,38,45H,4,6,8-9,12-16,19-22H2,1H3/t24?,25?,26-/m0/s1. The predicted molar refractivity (Wildman–Crippen MR) is 180 cm³/mol. The second kappa shape index (κ2) is 12.5. The number of halogens is 1. The molecule has 4 fully saturated rings. The molecule has 1 aromatic heterocycles. The minimum Gasteiger partial charge on any atom is -0.508 e. The number of nitrogens with zero attached hydrogens (tertiary/aromatic N) is 6. The molecule has 2 unspecified atom stereocenters. The molecule has 3 aromatic carbocycles. The summed E-state index contributed by atoms with van der Waals surface area (Å²) in [5.41, 5.74) is 1.18. The van der Waals surface area contributed by atoms with Gasteiger partial charge in [-0.2, -0.15) is 9.97 Å². The number of hydrogen-bond acceptors (Lipinski definition) is 9. The van der Waals surface area contributed by atoms with Crippen LogP contribution in [0.15, 0.2) is 48.5 Å². The van der Waals surface area contributed by atoms with Gasteiger partial charge in [-0.15, -0.1) is 0 Å². The second-order valence-corrected chi connectivity index (χ2v) is 13.5. The number of phenols is 1. The van der Waals surface area contributed by atoms with Gasteiger partial charge in [-0.1, -0.05) is 30.3 Å². The van der Waals surface area contributed by atoms with E-state index in [0.29, 0.717) is 48.6 Å². The highest BCUT2D eigenvalue weighted by Crippen LogP contribution is 2.40. The fourth-order valence-electron chi connectivity index (χ4n) is 8.11. The van der Waals surface area contributed by atoms with Crippen LogP contribution in [-0.4, -0.2) is 120 Å². The Morgan fingerprint density at radius 2 is 1.77 bits per heavy atom. The SMILES string of the molecule is CN1CCC[C@H]1COc1nc(N2CC3CCC(C2)N3CC(=O)N2CCNCC2)c2ccc(-c3cc(O)cc4ccccc34)c(F)c2n1. The number of piperazine rings is 2. The van der Waals surface area contributed by atoms with Crippen LogP contribution in [0.4, 0.5) is 10.2 Å². The Morgan fingerprint density at radius 3 is 2.53 bits per heavy atom. The van der Waals surface area contributed by atoms with Gasteiger partial charge < -0.3 is 29.9 Å². The zero-order chi connectivity index (χ0) is 32.1. The third-order valence-corrected chi connectivity index (χ3v) is 10.7. The summed E-state index contributed by atoms with van der Waals surface area (Å²) < 4.78 is 23.0. The summed E-state index contributed by atoms with van der Waals surface area (Å²) in [6.07, 6.45) is 4.19. The number of likely N-dealkylation sites (N-methyl/N-ethyl adjacent to an activating group) is 1. The van der Waals surface area contributed by atoms with Gasteiger partial charge in [0.15, 0.2) is 5.82 Å². The van der Waals surface area contributed by atoms with Gasteiger partial charge in [0.2, 0.25) is 5.91 Å². The molecule has 1 amide bonds. The summed E-state index contributed by atoms with van der Waals surface area (Å²) in [6, 6.07) is 15.5. The van der Waals surface area contributed by atoms with Crippen molar-refractivity contribution in [3.05, 3.63) is 54.3 Å². The number of carbonyl (C=O) groups is 1. The number of ether oxygens (including phenoxy) is 1. The number of hydrogen-bond donors (Lipinski definition) is 2. The smallest absolute Gasteiger partial charge is 0.319 e. The molecule has 5 heterocycles. The Hall–Kier alpha value is -4.06. The zero-order valence-corrected chi connectivity index (χ0v) is 26.9. The Kier molecular flexibility index (Phi) is 8.07. The maximum atomic E-state index is 16.8. The molecule has 2 N–H and O–H groups in total. The summed E-state index contributed by atoms with van der Waals surface area (Å²) in [4.78, 5) is 31.7. The molecule has 8 rings (SSSR count). The Bertz CT molecular complexity index is 1800. The van der Waals surface area contributed by atoms with Crippen LogP contribution in [0.3, 0.4) is 0 Å². The van der Waals surface area contributed by atoms with E-state index in [0.717, 1.165) is 69.2 Å². The molecule has 4 aromatic rings. The number of phenolic OH excluding ortho intramolecular Hbond substituents is 1. The fourth-order valence-corrected chi connectivity index (χ4v) is 8.11. The molecule has 3 atom stereocenters. The van der Waals surface area contributed by atoms with Crippen molar-refractivity contribution in [3.8, 4) is 22.9 Å². The summed E-state index contributed by atoms with van der Waals surface area (Å²) in [5, 5.41) is 16.2. The molecule has 2 bridgehead atoms. The fraction of sp³-hybridized carbons (Fsp3) is 0.472. The van der Waals surface area contributed by atoms with Crippen LogP contribution in [0.2, 0.25) is 0 Å². The van der Waals surface area contributed by atoms with Crippen molar-refractivity contribution in [1.82, 2.24) is 30.0 Å². The van der Waals surface area contributed by atoms with E-state index in [4.69, 9.17) is 9.72 Å². The first-order valence-electron chi connectivity index (χ1n) is 17.0. The highest BCUT2D eigenvalue weighted by atomic mass is 19.1. The zero-order valence-electron chi connectivity index (χ0n) is 26.9. The molecule has 4 saturated heterocycles. The minimum absolute atomic E-state index is 0.0788. The lowest BCUT2D eigenvalue weighted by atomic mass is 9.96. The van der Waals surface area contributed by atoms with E-state index in [1.807, 2.05) is 35.2 Å². The number of anilines is 1. The van der Waals surface area contributed by atoms with Crippen molar-refractivity contribution >= 4 is 33.4 Å². The van der Waals surface area contributed by atoms with Crippen LogP contribution in [0.25, 0.3) is 32.8 Å². The van der Waals surface area contributed by atoms with Gasteiger partial charge in [-0.25, -0.2) is 4.39 Å². The van der Waals surface area contributed by atoms with Crippen molar-refractivity contribution in [1.29, 1.82) is 0 Å². The number of benzene rings is 3. The van der Waals surface area contributed by atoms with Crippen LogP contribution in [-0.2, 0) is 4.79 Å². The van der Waals surface area contributed by atoms with Gasteiger partial charge in [0, 0.05) is 68.3 Å². The maximum absolute atomic E-state index is 16.8. The third-order valence-electron chi connectivity index (χ3n) is 10.7. The highest BCUT2D eigenvalue weighted by Gasteiger charge is 2.42. The van der Waals surface area contributed by atoms with Crippen LogP contribution in [0.5, 0.6) is 11.8 Å². The first kappa shape index (κ1) is 30.3. The largest absolute Gasteiger partial charge is 0.508 e. The lowest BCUT2D eigenvalue weighted by Gasteiger charge is -2.42. The van der Waals surface area contributed by atoms with E-state index in [2.05, 4.69) is 32.0 Å². The summed E-state index contributed by atoms with van der Waals surface area (Å²) in [7, 11) is 2.10. The van der Waals surface area contributed by atoms with Crippen molar-refractivity contribution < 1.29 is 19.0 Å². The molecule has 4 aliphatic rings. The number of nitrogens with one attached hydrogen (secondary N) is 1. The average molecular weight is 640 g/mol. The average Bonchev–Trinajstić information content (AvgIpc) is 3.59. The quantitative estimate of drug-likeness (QED) is 0.313. The van der Waals surface area contributed by atoms with E-state index >= 15 is 4.39 Å². The predicted octanol–water partition coefficient (Wildman–Crippen LogP) is 3.85. The molecule has 4 aliphatic heterocycles. The first-order valence-corrected chi connectivity index (χ1v) is 17.0. The maximum Gasteiger partial charge on any atom is 0.319 e. The van der Waals surface area contributed by atoms with Gasteiger partial charge in [0.1, 0.15) is 23.7 Å². The molecule has 10 nitrogen and oxygen atoms in total. The molecule has 0 spiro atoms. The molecule has 0 saturated carbocycles. The first-order chi connectivity index (χ1) is 22.9. The van der Waals surface area contributed by atoms with Crippen molar-refractivity contribution in [3.63, 3.8) is 0 Å². The molecular weight excluding hydrogens is 597 g/mol. The Morgan fingerprint density at radius 1 is 0.979 bits per heavy atom.